The van der Waals surface area contributed by atoms with Crippen LogP contribution in [0.25, 0.3) is 0 Å². The molecule has 2 amide bonds. The first-order chi connectivity index (χ1) is 14.8. The van der Waals surface area contributed by atoms with Gasteiger partial charge in [0.1, 0.15) is 11.8 Å². The van der Waals surface area contributed by atoms with Gasteiger partial charge in [0, 0.05) is 5.69 Å². The Morgan fingerprint density at radius 3 is 2.29 bits per heavy atom. The standard InChI is InChI=1S/C21H26N6O3Si/c1-30-16-9-5-14(6-10-16)20(23-19(28)13-18-24-26-27-25-18)21(29)22-15-7-11-17(12-8-15)31(2,3)4/h5-12,20H,13H2,1-4H3,(H,22,29)(H,23,28)(H,24,25,26,27). The Morgan fingerprint density at radius 1 is 1.06 bits per heavy atom. The molecule has 0 saturated heterocycles. The van der Waals surface area contributed by atoms with Gasteiger partial charge in [0.25, 0.3) is 5.91 Å². The molecule has 3 rings (SSSR count). The number of aromatic amines is 1. The minimum Gasteiger partial charge on any atom is -0.497 e. The molecule has 0 spiro atoms. The molecule has 10 heteroatoms. The predicted molar refractivity (Wildman–Crippen MR) is 120 cm³/mol. The molecule has 0 radical (unpaired) electrons. The number of hydrogen-bond donors (Lipinski definition) is 3. The molecule has 9 nitrogen and oxygen atoms in total. The third kappa shape index (κ3) is 5.98. The Balaban J connectivity index is 1.78. The summed E-state index contributed by atoms with van der Waals surface area (Å²) in [5.41, 5.74) is 1.29. The second-order valence-electron chi connectivity index (χ2n) is 8.12. The fraction of sp³-hybridized carbons (Fsp3) is 0.286. The molecule has 0 bridgehead atoms. The van der Waals surface area contributed by atoms with Crippen LogP contribution in [0.4, 0.5) is 5.69 Å². The van der Waals surface area contributed by atoms with Crippen LogP contribution in [0.3, 0.4) is 0 Å². The molecule has 1 atom stereocenters. The Labute approximate surface area is 181 Å². The number of H-pyrrole nitrogens is 1. The molecule has 162 valence electrons. The number of anilines is 1. The first-order valence-electron chi connectivity index (χ1n) is 9.83. The molecule has 0 fully saturated rings. The van der Waals surface area contributed by atoms with Gasteiger partial charge in [-0.05, 0) is 40.3 Å². The van der Waals surface area contributed by atoms with Gasteiger partial charge in [-0.3, -0.25) is 9.59 Å². The van der Waals surface area contributed by atoms with Gasteiger partial charge >= 0.3 is 0 Å². The van der Waals surface area contributed by atoms with Crippen LogP contribution >= 0.6 is 0 Å². The zero-order chi connectivity index (χ0) is 22.4. The summed E-state index contributed by atoms with van der Waals surface area (Å²) in [5, 5.41) is 20.1. The molecule has 1 unspecified atom stereocenters. The van der Waals surface area contributed by atoms with Crippen molar-refractivity contribution in [3.05, 3.63) is 59.9 Å². The highest BCUT2D eigenvalue weighted by molar-refractivity contribution is 6.88. The van der Waals surface area contributed by atoms with E-state index in [1.165, 1.54) is 5.19 Å². The summed E-state index contributed by atoms with van der Waals surface area (Å²) < 4.78 is 5.18. The molecule has 1 aromatic heterocycles. The maximum atomic E-state index is 13.1. The highest BCUT2D eigenvalue weighted by atomic mass is 28.3. The van der Waals surface area contributed by atoms with E-state index in [0.29, 0.717) is 22.8 Å². The number of amides is 2. The van der Waals surface area contributed by atoms with Crippen molar-refractivity contribution in [1.29, 1.82) is 0 Å². The average Bonchev–Trinajstić information content (AvgIpc) is 3.25. The van der Waals surface area contributed by atoms with Gasteiger partial charge in [-0.2, -0.15) is 0 Å². The molecule has 1 heterocycles. The fourth-order valence-electron chi connectivity index (χ4n) is 2.98. The van der Waals surface area contributed by atoms with Crippen molar-refractivity contribution >= 4 is 30.8 Å². The summed E-state index contributed by atoms with van der Waals surface area (Å²) in [6.45, 7) is 6.79. The van der Waals surface area contributed by atoms with E-state index >= 15 is 0 Å². The Kier molecular flexibility index (Phi) is 6.80. The maximum Gasteiger partial charge on any atom is 0.251 e. The molecular formula is C21H26N6O3Si. The number of carbonyl (C=O) groups is 2. The van der Waals surface area contributed by atoms with Gasteiger partial charge in [-0.15, -0.1) is 5.10 Å². The van der Waals surface area contributed by atoms with E-state index < -0.39 is 14.1 Å². The molecule has 0 aliphatic heterocycles. The summed E-state index contributed by atoms with van der Waals surface area (Å²) in [5.74, 6) is 0.232. The van der Waals surface area contributed by atoms with Crippen LogP contribution < -0.4 is 20.6 Å². The normalized spacial score (nSPS) is 12.1. The number of nitrogens with zero attached hydrogens (tertiary/aromatic N) is 3. The molecule has 31 heavy (non-hydrogen) atoms. The summed E-state index contributed by atoms with van der Waals surface area (Å²) >= 11 is 0. The van der Waals surface area contributed by atoms with E-state index in [0.717, 1.165) is 0 Å². The van der Waals surface area contributed by atoms with Gasteiger partial charge in [0.2, 0.25) is 5.91 Å². The van der Waals surface area contributed by atoms with Crippen molar-refractivity contribution in [2.75, 3.05) is 12.4 Å². The van der Waals surface area contributed by atoms with E-state index in [-0.39, 0.29) is 18.2 Å². The average molecular weight is 439 g/mol. The Morgan fingerprint density at radius 2 is 1.74 bits per heavy atom. The lowest BCUT2D eigenvalue weighted by molar-refractivity contribution is -0.126. The van der Waals surface area contributed by atoms with Crippen molar-refractivity contribution in [1.82, 2.24) is 25.9 Å². The number of tetrazole rings is 1. The summed E-state index contributed by atoms with van der Waals surface area (Å²) in [7, 11) is 0.132. The molecule has 0 saturated carbocycles. The lowest BCUT2D eigenvalue weighted by Gasteiger charge is -2.20. The zero-order valence-electron chi connectivity index (χ0n) is 18.0. The van der Waals surface area contributed by atoms with Crippen molar-refractivity contribution < 1.29 is 14.3 Å². The number of benzene rings is 2. The number of carbonyl (C=O) groups excluding carboxylic acids is 2. The van der Waals surface area contributed by atoms with Crippen molar-refractivity contribution in [2.45, 2.75) is 32.1 Å². The molecule has 0 aliphatic carbocycles. The van der Waals surface area contributed by atoms with Gasteiger partial charge in [-0.1, -0.05) is 49.1 Å². The van der Waals surface area contributed by atoms with Gasteiger partial charge in [-0.25, -0.2) is 5.10 Å². The van der Waals surface area contributed by atoms with Crippen molar-refractivity contribution in [3.8, 4) is 5.75 Å². The third-order valence-corrected chi connectivity index (χ3v) is 6.82. The second-order valence-corrected chi connectivity index (χ2v) is 13.2. The summed E-state index contributed by atoms with van der Waals surface area (Å²) in [6.07, 6.45) is -0.0716. The van der Waals surface area contributed by atoms with Crippen molar-refractivity contribution in [2.24, 2.45) is 0 Å². The highest BCUT2D eigenvalue weighted by Gasteiger charge is 2.24. The number of rotatable bonds is 8. The topological polar surface area (TPSA) is 122 Å². The monoisotopic (exact) mass is 438 g/mol. The van der Waals surface area contributed by atoms with Crippen LogP contribution in [0.1, 0.15) is 17.4 Å². The van der Waals surface area contributed by atoms with Crippen LogP contribution in [0, 0.1) is 0 Å². The quantitative estimate of drug-likeness (QED) is 0.461. The minimum absolute atomic E-state index is 0.0716. The summed E-state index contributed by atoms with van der Waals surface area (Å²) in [4.78, 5) is 25.6. The molecule has 2 aromatic carbocycles. The van der Waals surface area contributed by atoms with Gasteiger partial charge in [0.15, 0.2) is 5.82 Å². The second kappa shape index (κ2) is 9.52. The number of aromatic nitrogens is 4. The van der Waals surface area contributed by atoms with Crippen LogP contribution in [0.2, 0.25) is 19.6 Å². The SMILES string of the molecule is COc1ccc(C(NC(=O)Cc2nnn[nH]2)C(=O)Nc2ccc([Si](C)(C)C)cc2)cc1. The Hall–Kier alpha value is -3.53. The van der Waals surface area contributed by atoms with Crippen LogP contribution in [0.5, 0.6) is 5.75 Å². The zero-order valence-corrected chi connectivity index (χ0v) is 19.0. The van der Waals surface area contributed by atoms with Crippen LogP contribution in [0.15, 0.2) is 48.5 Å². The lowest BCUT2D eigenvalue weighted by Crippen LogP contribution is -2.38. The third-order valence-electron chi connectivity index (χ3n) is 4.75. The molecule has 3 N–H and O–H groups in total. The minimum atomic E-state index is -1.43. The molecular weight excluding hydrogens is 412 g/mol. The highest BCUT2D eigenvalue weighted by Crippen LogP contribution is 2.20. The maximum absolute atomic E-state index is 13.1. The van der Waals surface area contributed by atoms with E-state index in [9.17, 15) is 9.59 Å². The van der Waals surface area contributed by atoms with Crippen LogP contribution in [-0.2, 0) is 16.0 Å². The largest absolute Gasteiger partial charge is 0.497 e. The van der Waals surface area contributed by atoms with E-state index in [2.05, 4.69) is 50.9 Å². The van der Waals surface area contributed by atoms with Crippen LogP contribution in [-0.4, -0.2) is 47.6 Å². The number of hydrogen-bond acceptors (Lipinski definition) is 6. The predicted octanol–water partition coefficient (Wildman–Crippen LogP) is 1.79. The number of nitrogens with one attached hydrogen (secondary N) is 3. The Bertz CT molecular complexity index is 1010. The molecule has 0 aliphatic rings. The van der Waals surface area contributed by atoms with Crippen molar-refractivity contribution in [3.63, 3.8) is 0 Å². The first-order valence-corrected chi connectivity index (χ1v) is 13.3. The fourth-order valence-corrected chi connectivity index (χ4v) is 4.15. The van der Waals surface area contributed by atoms with E-state index in [4.69, 9.17) is 4.74 Å². The number of methoxy groups -OCH3 is 1. The summed E-state index contributed by atoms with van der Waals surface area (Å²) in [6, 6.07) is 13.9. The number of ether oxygens (including phenoxy) is 1. The smallest absolute Gasteiger partial charge is 0.251 e. The van der Waals surface area contributed by atoms with Gasteiger partial charge in [0.05, 0.1) is 21.6 Å². The van der Waals surface area contributed by atoms with E-state index in [1.807, 2.05) is 24.3 Å². The molecule has 3 aromatic rings. The first kappa shape index (κ1) is 22.2. The van der Waals surface area contributed by atoms with Gasteiger partial charge < -0.3 is 15.4 Å². The van der Waals surface area contributed by atoms with E-state index in [1.54, 1.807) is 31.4 Å². The lowest BCUT2D eigenvalue weighted by atomic mass is 10.1.